The lowest BCUT2D eigenvalue weighted by Crippen LogP contribution is -1.99. The first kappa shape index (κ1) is 12.6. The zero-order chi connectivity index (χ0) is 12.8. The molecule has 1 heterocycles. The first-order valence-corrected chi connectivity index (χ1v) is 5.74. The van der Waals surface area contributed by atoms with Crippen molar-refractivity contribution in [1.29, 1.82) is 0 Å². The van der Waals surface area contributed by atoms with Crippen LogP contribution in [0.2, 0.25) is 0 Å². The van der Waals surface area contributed by atoms with Crippen LogP contribution in [0.25, 0.3) is 11.3 Å². The number of nitrogens with zero attached hydrogens (tertiary/aromatic N) is 1. The van der Waals surface area contributed by atoms with Crippen LogP contribution in [0.4, 0.5) is 0 Å². The predicted molar refractivity (Wildman–Crippen MR) is 65.1 cm³/mol. The molecule has 0 aliphatic rings. The second-order valence-corrected chi connectivity index (χ2v) is 3.79. The summed E-state index contributed by atoms with van der Waals surface area (Å²) < 4.78 is 10.3. The van der Waals surface area contributed by atoms with Crippen LogP contribution in [-0.2, 0) is 6.61 Å². The summed E-state index contributed by atoms with van der Waals surface area (Å²) in [4.78, 5) is 0. The van der Waals surface area contributed by atoms with Crippen molar-refractivity contribution in [2.45, 2.75) is 13.0 Å². The zero-order valence-electron chi connectivity index (χ0n) is 9.87. The molecule has 0 unspecified atom stereocenters. The highest BCUT2D eigenvalue weighted by Crippen LogP contribution is 2.22. The molecule has 0 atom stereocenters. The molecule has 5 heteroatoms. The molecule has 0 aliphatic carbocycles. The van der Waals surface area contributed by atoms with Gasteiger partial charge in [-0.2, -0.15) is 0 Å². The topological polar surface area (TPSA) is 75.7 Å². The number of aliphatic hydroxyl groups excluding tert-OH is 2. The van der Waals surface area contributed by atoms with Crippen molar-refractivity contribution >= 4 is 0 Å². The third-order valence-corrected chi connectivity index (χ3v) is 2.44. The molecular formula is C13H15NO4. The molecule has 0 radical (unpaired) electrons. The van der Waals surface area contributed by atoms with Gasteiger partial charge in [-0.05, 0) is 24.3 Å². The van der Waals surface area contributed by atoms with E-state index in [0.717, 1.165) is 11.3 Å². The van der Waals surface area contributed by atoms with Crippen molar-refractivity contribution < 1.29 is 19.5 Å². The summed E-state index contributed by atoms with van der Waals surface area (Å²) in [7, 11) is 0. The molecule has 0 saturated heterocycles. The van der Waals surface area contributed by atoms with Crippen molar-refractivity contribution in [3.05, 3.63) is 36.1 Å². The Morgan fingerprint density at radius 2 is 1.94 bits per heavy atom. The monoisotopic (exact) mass is 249 g/mol. The van der Waals surface area contributed by atoms with Gasteiger partial charge in [-0.3, -0.25) is 0 Å². The van der Waals surface area contributed by atoms with Gasteiger partial charge in [0.2, 0.25) is 0 Å². The van der Waals surface area contributed by atoms with Gasteiger partial charge in [0.05, 0.1) is 6.61 Å². The lowest BCUT2D eigenvalue weighted by atomic mass is 10.1. The smallest absolute Gasteiger partial charge is 0.162 e. The number of aliphatic hydroxyl groups is 2. The first-order chi connectivity index (χ1) is 8.83. The molecular weight excluding hydrogens is 234 g/mol. The van der Waals surface area contributed by atoms with E-state index in [1.165, 1.54) is 0 Å². The molecule has 5 nitrogen and oxygen atoms in total. The lowest BCUT2D eigenvalue weighted by molar-refractivity contribution is 0.229. The number of aromatic nitrogens is 1. The second kappa shape index (κ2) is 6.18. The fraction of sp³-hybridized carbons (Fsp3) is 0.308. The molecule has 0 fully saturated rings. The van der Waals surface area contributed by atoms with Crippen LogP contribution >= 0.6 is 0 Å². The van der Waals surface area contributed by atoms with E-state index in [2.05, 4.69) is 5.16 Å². The Balaban J connectivity index is 2.02. The predicted octanol–water partition coefficient (Wildman–Crippen LogP) is 1.60. The van der Waals surface area contributed by atoms with E-state index in [0.29, 0.717) is 24.5 Å². The van der Waals surface area contributed by atoms with Gasteiger partial charge >= 0.3 is 0 Å². The van der Waals surface area contributed by atoms with Crippen LogP contribution in [0.15, 0.2) is 34.9 Å². The fourth-order valence-electron chi connectivity index (χ4n) is 1.50. The Bertz CT molecular complexity index is 478. The third kappa shape index (κ3) is 3.09. The van der Waals surface area contributed by atoms with Crippen LogP contribution in [0.5, 0.6) is 5.75 Å². The van der Waals surface area contributed by atoms with Gasteiger partial charge in [0.25, 0.3) is 0 Å². The molecule has 2 rings (SSSR count). The maximum Gasteiger partial charge on any atom is 0.162 e. The van der Waals surface area contributed by atoms with Crippen LogP contribution in [0.3, 0.4) is 0 Å². The quantitative estimate of drug-likeness (QED) is 0.760. The maximum absolute atomic E-state index is 8.89. The van der Waals surface area contributed by atoms with E-state index in [1.54, 1.807) is 6.07 Å². The second-order valence-electron chi connectivity index (χ2n) is 3.79. The molecule has 0 amide bonds. The van der Waals surface area contributed by atoms with Gasteiger partial charge in [-0.15, -0.1) is 0 Å². The Kier molecular flexibility index (Phi) is 4.33. The van der Waals surface area contributed by atoms with E-state index in [9.17, 15) is 0 Å². The minimum Gasteiger partial charge on any atom is -0.494 e. The van der Waals surface area contributed by atoms with Gasteiger partial charge in [0.1, 0.15) is 18.1 Å². The van der Waals surface area contributed by atoms with Crippen molar-refractivity contribution in [3.63, 3.8) is 0 Å². The van der Waals surface area contributed by atoms with Crippen LogP contribution in [0, 0.1) is 0 Å². The third-order valence-electron chi connectivity index (χ3n) is 2.44. The SMILES string of the molecule is OCCCOc1ccc(-c2cc(CO)on2)cc1. The molecule has 2 N–H and O–H groups in total. The van der Waals surface area contributed by atoms with Crippen molar-refractivity contribution in [2.24, 2.45) is 0 Å². The summed E-state index contributed by atoms with van der Waals surface area (Å²) in [5.74, 6) is 1.19. The Labute approximate surface area is 105 Å². The molecule has 1 aromatic heterocycles. The normalized spacial score (nSPS) is 10.6. The Hall–Kier alpha value is -1.85. The van der Waals surface area contributed by atoms with E-state index in [-0.39, 0.29) is 13.2 Å². The van der Waals surface area contributed by atoms with Gasteiger partial charge < -0.3 is 19.5 Å². The van der Waals surface area contributed by atoms with Crippen LogP contribution < -0.4 is 4.74 Å². The fourth-order valence-corrected chi connectivity index (χ4v) is 1.50. The summed E-state index contributed by atoms with van der Waals surface area (Å²) in [5.41, 5.74) is 1.58. The average molecular weight is 249 g/mol. The lowest BCUT2D eigenvalue weighted by Gasteiger charge is -2.05. The zero-order valence-corrected chi connectivity index (χ0v) is 9.87. The Morgan fingerprint density at radius 3 is 2.56 bits per heavy atom. The highest BCUT2D eigenvalue weighted by molar-refractivity contribution is 5.59. The van der Waals surface area contributed by atoms with E-state index in [1.807, 2.05) is 24.3 Å². The molecule has 0 aliphatic heterocycles. The summed E-state index contributed by atoms with van der Waals surface area (Å²) in [6.07, 6.45) is 0.616. The minimum atomic E-state index is -0.157. The van der Waals surface area contributed by atoms with Gasteiger partial charge in [-0.1, -0.05) is 5.16 Å². The highest BCUT2D eigenvalue weighted by Gasteiger charge is 2.05. The van der Waals surface area contributed by atoms with Crippen molar-refractivity contribution in [2.75, 3.05) is 13.2 Å². The van der Waals surface area contributed by atoms with Crippen molar-refractivity contribution in [3.8, 4) is 17.0 Å². The van der Waals surface area contributed by atoms with E-state index < -0.39 is 0 Å². The summed E-state index contributed by atoms with van der Waals surface area (Å²) in [5, 5.41) is 21.4. The molecule has 0 bridgehead atoms. The van der Waals surface area contributed by atoms with Crippen LogP contribution in [0.1, 0.15) is 12.2 Å². The average Bonchev–Trinajstić information content (AvgIpc) is 2.89. The number of ether oxygens (including phenoxy) is 1. The van der Waals surface area contributed by atoms with Crippen LogP contribution in [-0.4, -0.2) is 28.6 Å². The minimum absolute atomic E-state index is 0.126. The summed E-state index contributed by atoms with van der Waals surface area (Å²) in [6.45, 7) is 0.463. The van der Waals surface area contributed by atoms with Crippen molar-refractivity contribution in [1.82, 2.24) is 5.16 Å². The number of rotatable bonds is 6. The molecule has 96 valence electrons. The number of hydrogen-bond donors (Lipinski definition) is 2. The Morgan fingerprint density at radius 1 is 1.17 bits per heavy atom. The number of benzene rings is 1. The molecule has 1 aromatic carbocycles. The van der Waals surface area contributed by atoms with Gasteiger partial charge in [0.15, 0.2) is 5.76 Å². The summed E-state index contributed by atoms with van der Waals surface area (Å²) >= 11 is 0. The summed E-state index contributed by atoms with van der Waals surface area (Å²) in [6, 6.07) is 9.10. The van der Waals surface area contributed by atoms with Gasteiger partial charge in [0, 0.05) is 24.7 Å². The number of hydrogen-bond acceptors (Lipinski definition) is 5. The highest BCUT2D eigenvalue weighted by atomic mass is 16.5. The largest absolute Gasteiger partial charge is 0.494 e. The van der Waals surface area contributed by atoms with E-state index >= 15 is 0 Å². The van der Waals surface area contributed by atoms with E-state index in [4.69, 9.17) is 19.5 Å². The molecule has 0 spiro atoms. The molecule has 2 aromatic rings. The molecule has 0 saturated carbocycles. The first-order valence-electron chi connectivity index (χ1n) is 5.74. The standard InChI is InChI=1S/C13H15NO4/c15-6-1-7-17-11-4-2-10(3-5-11)13-8-12(9-16)18-14-13/h2-5,8,15-16H,1,6-7,9H2. The molecule has 18 heavy (non-hydrogen) atoms. The maximum atomic E-state index is 8.89. The van der Waals surface area contributed by atoms with Gasteiger partial charge in [-0.25, -0.2) is 0 Å².